The Labute approximate surface area is 218 Å². The third-order valence-electron chi connectivity index (χ3n) is 6.93. The van der Waals surface area contributed by atoms with Crippen LogP contribution in [0.25, 0.3) is 0 Å². The van der Waals surface area contributed by atoms with Crippen LogP contribution in [-0.2, 0) is 15.8 Å². The minimum absolute atomic E-state index is 0.0636. The summed E-state index contributed by atoms with van der Waals surface area (Å²) in [5, 5.41) is 3.26. The van der Waals surface area contributed by atoms with E-state index in [1.54, 1.807) is 24.0 Å². The summed E-state index contributed by atoms with van der Waals surface area (Å²) in [6, 6.07) is 11.4. The van der Waals surface area contributed by atoms with Crippen LogP contribution in [-0.4, -0.2) is 64.8 Å². The predicted molar refractivity (Wildman–Crippen MR) is 132 cm³/mol. The fourth-order valence-corrected chi connectivity index (χ4v) is 4.78. The minimum Gasteiger partial charge on any atom is -0.481 e. The van der Waals surface area contributed by atoms with E-state index in [9.17, 15) is 22.8 Å². The van der Waals surface area contributed by atoms with Crippen molar-refractivity contribution in [3.63, 3.8) is 0 Å². The molecule has 0 spiro atoms. The average Bonchev–Trinajstić information content (AvgIpc) is 3.35. The molecule has 2 atom stereocenters. The zero-order valence-corrected chi connectivity index (χ0v) is 21.1. The number of carbonyl (C=O) groups excluding carboxylic acids is 2. The van der Waals surface area contributed by atoms with Crippen LogP contribution in [0, 0.1) is 6.92 Å². The van der Waals surface area contributed by atoms with Gasteiger partial charge in [-0.2, -0.15) is 13.2 Å². The van der Waals surface area contributed by atoms with Crippen LogP contribution in [0.5, 0.6) is 11.5 Å². The summed E-state index contributed by atoms with van der Waals surface area (Å²) >= 11 is 0. The van der Waals surface area contributed by atoms with Gasteiger partial charge in [-0.3, -0.25) is 14.5 Å². The molecule has 3 aliphatic rings. The van der Waals surface area contributed by atoms with Crippen molar-refractivity contribution in [2.24, 2.45) is 0 Å². The van der Waals surface area contributed by atoms with Crippen LogP contribution in [0.15, 0.2) is 60.4 Å². The summed E-state index contributed by atoms with van der Waals surface area (Å²) in [6.07, 6.45) is -2.26. The second-order valence-corrected chi connectivity index (χ2v) is 9.70. The van der Waals surface area contributed by atoms with Gasteiger partial charge in [0.05, 0.1) is 18.9 Å². The Balaban J connectivity index is 1.36. The van der Waals surface area contributed by atoms with E-state index in [4.69, 9.17) is 9.47 Å². The van der Waals surface area contributed by atoms with E-state index >= 15 is 0 Å². The quantitative estimate of drug-likeness (QED) is 0.589. The number of alkyl halides is 3. The number of likely N-dealkylation sites (tertiary alicyclic amines) is 1. The van der Waals surface area contributed by atoms with Gasteiger partial charge < -0.3 is 24.6 Å². The van der Waals surface area contributed by atoms with Crippen LogP contribution in [0.2, 0.25) is 0 Å². The number of hydrogen-bond acceptors (Lipinski definition) is 6. The molecular weight excluding hydrogens is 501 g/mol. The van der Waals surface area contributed by atoms with Crippen molar-refractivity contribution >= 4 is 11.8 Å². The molecule has 2 aromatic rings. The summed E-state index contributed by atoms with van der Waals surface area (Å²) in [4.78, 5) is 32.1. The molecule has 2 aromatic carbocycles. The third kappa shape index (κ3) is 4.84. The van der Waals surface area contributed by atoms with E-state index in [1.807, 2.05) is 24.0 Å². The van der Waals surface area contributed by atoms with E-state index in [0.29, 0.717) is 19.1 Å². The standard InChI is InChI=1S/C27H29F3N4O4/c1-18-5-3-6-22(15-18)37-19(2)24(35)34-14-12-26(34,38-21-10-8-20(9-11-21)27(28,29)30)25(36)33-16-32(17-33)23-7-4-13-31-23/h3,5-11,15,19,31H,4,12-14,16-17H2,1-2H3. The van der Waals surface area contributed by atoms with E-state index in [1.165, 1.54) is 17.0 Å². The molecule has 0 radical (unpaired) electrons. The van der Waals surface area contributed by atoms with Gasteiger partial charge in [-0.15, -0.1) is 0 Å². The van der Waals surface area contributed by atoms with Gasteiger partial charge in [0.15, 0.2) is 6.10 Å². The molecule has 0 bridgehead atoms. The molecular formula is C27H29F3N4O4. The molecule has 2 unspecified atom stereocenters. The minimum atomic E-state index is -4.50. The van der Waals surface area contributed by atoms with Crippen molar-refractivity contribution in [2.45, 2.75) is 44.7 Å². The molecule has 202 valence electrons. The number of aryl methyl sites for hydroxylation is 1. The highest BCUT2D eigenvalue weighted by Crippen LogP contribution is 2.39. The fraction of sp³-hybridized carbons (Fsp3) is 0.407. The first kappa shape index (κ1) is 25.7. The van der Waals surface area contributed by atoms with E-state index in [-0.39, 0.29) is 18.7 Å². The first-order valence-corrected chi connectivity index (χ1v) is 12.5. The average molecular weight is 531 g/mol. The molecule has 0 saturated carbocycles. The smallest absolute Gasteiger partial charge is 0.416 e. The van der Waals surface area contributed by atoms with Gasteiger partial charge in [0, 0.05) is 19.5 Å². The first-order chi connectivity index (χ1) is 18.1. The summed E-state index contributed by atoms with van der Waals surface area (Å²) in [6.45, 7) is 5.21. The van der Waals surface area contributed by atoms with Crippen LogP contribution < -0.4 is 14.8 Å². The number of carbonyl (C=O) groups is 2. The summed E-state index contributed by atoms with van der Waals surface area (Å²) in [7, 11) is 0. The zero-order valence-electron chi connectivity index (χ0n) is 21.1. The van der Waals surface area contributed by atoms with Crippen molar-refractivity contribution in [1.82, 2.24) is 20.0 Å². The molecule has 11 heteroatoms. The number of ether oxygens (including phenoxy) is 2. The lowest BCUT2D eigenvalue weighted by Crippen LogP contribution is -2.76. The predicted octanol–water partition coefficient (Wildman–Crippen LogP) is 3.68. The Morgan fingerprint density at radius 3 is 2.39 bits per heavy atom. The molecule has 1 N–H and O–H groups in total. The Morgan fingerprint density at radius 2 is 1.82 bits per heavy atom. The van der Waals surface area contributed by atoms with Gasteiger partial charge in [0.25, 0.3) is 17.5 Å². The molecule has 2 saturated heterocycles. The van der Waals surface area contributed by atoms with Crippen molar-refractivity contribution in [3.8, 4) is 11.5 Å². The molecule has 0 aliphatic carbocycles. The molecule has 8 nitrogen and oxygen atoms in total. The number of nitrogens with one attached hydrogen (secondary N) is 1. The maximum atomic E-state index is 13.8. The first-order valence-electron chi connectivity index (χ1n) is 12.5. The third-order valence-corrected chi connectivity index (χ3v) is 6.93. The molecule has 3 aliphatic heterocycles. The second-order valence-electron chi connectivity index (χ2n) is 9.70. The van der Waals surface area contributed by atoms with E-state index in [0.717, 1.165) is 36.5 Å². The summed E-state index contributed by atoms with van der Waals surface area (Å²) < 4.78 is 51.1. The number of nitrogens with zero attached hydrogens (tertiary/aromatic N) is 3. The lowest BCUT2D eigenvalue weighted by Gasteiger charge is -2.55. The molecule has 0 aromatic heterocycles. The highest BCUT2D eigenvalue weighted by Gasteiger charge is 2.59. The number of amides is 2. The van der Waals surface area contributed by atoms with Gasteiger partial charge in [-0.1, -0.05) is 12.1 Å². The molecule has 3 heterocycles. The van der Waals surface area contributed by atoms with Gasteiger partial charge in [0.1, 0.15) is 17.3 Å². The molecule has 2 amide bonds. The largest absolute Gasteiger partial charge is 0.481 e. The highest BCUT2D eigenvalue weighted by atomic mass is 19.4. The van der Waals surface area contributed by atoms with Crippen molar-refractivity contribution in [3.05, 3.63) is 71.6 Å². The van der Waals surface area contributed by atoms with Gasteiger partial charge in [-0.25, -0.2) is 0 Å². The Bertz CT molecular complexity index is 1240. The van der Waals surface area contributed by atoms with Crippen molar-refractivity contribution in [2.75, 3.05) is 26.4 Å². The second kappa shape index (κ2) is 9.77. The van der Waals surface area contributed by atoms with E-state index in [2.05, 4.69) is 11.4 Å². The topological polar surface area (TPSA) is 74.3 Å². The maximum Gasteiger partial charge on any atom is 0.416 e. The molecule has 38 heavy (non-hydrogen) atoms. The molecule has 2 fully saturated rings. The van der Waals surface area contributed by atoms with Crippen LogP contribution in [0.3, 0.4) is 0 Å². The monoisotopic (exact) mass is 530 g/mol. The number of rotatable bonds is 7. The van der Waals surface area contributed by atoms with Crippen LogP contribution in [0.4, 0.5) is 13.2 Å². The van der Waals surface area contributed by atoms with Gasteiger partial charge in [-0.05, 0) is 68.3 Å². The SMILES string of the molecule is Cc1cccc(OC(C)C(=O)N2CCC2(Oc2ccc(C(F)(F)F)cc2)C(=O)N2CN(C3=CCCN3)C2)c1. The Kier molecular flexibility index (Phi) is 6.62. The summed E-state index contributed by atoms with van der Waals surface area (Å²) in [5.74, 6) is 0.662. The van der Waals surface area contributed by atoms with Crippen molar-refractivity contribution in [1.29, 1.82) is 0 Å². The van der Waals surface area contributed by atoms with Gasteiger partial charge in [0.2, 0.25) is 0 Å². The van der Waals surface area contributed by atoms with Crippen molar-refractivity contribution < 1.29 is 32.2 Å². The van der Waals surface area contributed by atoms with E-state index < -0.39 is 35.4 Å². The normalized spacial score (nSPS) is 21.6. The lowest BCUT2D eigenvalue weighted by molar-refractivity contribution is -0.210. The Morgan fingerprint density at radius 1 is 1.08 bits per heavy atom. The van der Waals surface area contributed by atoms with Crippen LogP contribution in [0.1, 0.15) is 30.9 Å². The number of hydrogen-bond donors (Lipinski definition) is 1. The molecule has 5 rings (SSSR count). The fourth-order valence-electron chi connectivity index (χ4n) is 4.78. The Hall–Kier alpha value is -3.89. The highest BCUT2D eigenvalue weighted by molar-refractivity contribution is 5.94. The summed E-state index contributed by atoms with van der Waals surface area (Å²) in [5.41, 5.74) is -1.54. The maximum absolute atomic E-state index is 13.8. The van der Waals surface area contributed by atoms with Gasteiger partial charge >= 0.3 is 6.18 Å². The zero-order chi connectivity index (χ0) is 27.1. The number of halogens is 3. The van der Waals surface area contributed by atoms with Crippen LogP contribution >= 0.6 is 0 Å². The lowest BCUT2D eigenvalue weighted by atomic mass is 9.94. The number of benzene rings is 2.